The van der Waals surface area contributed by atoms with Gasteiger partial charge in [-0.1, -0.05) is 6.92 Å². The molecule has 1 aromatic carbocycles. The van der Waals surface area contributed by atoms with Crippen LogP contribution in [0.5, 0.6) is 5.75 Å². The maximum Gasteiger partial charge on any atom is 0.137 e. The Morgan fingerprint density at radius 2 is 2.11 bits per heavy atom. The minimum atomic E-state index is -0.332. The van der Waals surface area contributed by atoms with E-state index in [0.29, 0.717) is 10.0 Å². The van der Waals surface area contributed by atoms with Gasteiger partial charge in [0.05, 0.1) is 4.47 Å². The van der Waals surface area contributed by atoms with E-state index >= 15 is 0 Å². The number of phenols is 1. The van der Waals surface area contributed by atoms with Gasteiger partial charge in [-0.25, -0.2) is 4.39 Å². The van der Waals surface area contributed by atoms with Crippen molar-refractivity contribution < 1.29 is 9.50 Å². The molecule has 0 spiro atoms. The summed E-state index contributed by atoms with van der Waals surface area (Å²) in [4.78, 5) is 2.22. The first kappa shape index (κ1) is 13.8. The maximum atomic E-state index is 14.0. The zero-order valence-corrected chi connectivity index (χ0v) is 12.0. The van der Waals surface area contributed by atoms with Crippen LogP contribution in [0.3, 0.4) is 0 Å². The number of benzene rings is 1. The van der Waals surface area contributed by atoms with E-state index in [1.807, 2.05) is 6.92 Å². The van der Waals surface area contributed by atoms with Gasteiger partial charge in [0.25, 0.3) is 0 Å². The molecule has 1 aliphatic heterocycles. The second-order valence-electron chi connectivity index (χ2n) is 4.50. The molecule has 1 heterocycles. The second-order valence-corrected chi connectivity index (χ2v) is 5.36. The Morgan fingerprint density at radius 1 is 1.44 bits per heavy atom. The lowest BCUT2D eigenvalue weighted by molar-refractivity contribution is 0.163. The SMILES string of the molecule is CC[C@H](c1c(F)ccc(Br)c1O)N1CCNCC1. The van der Waals surface area contributed by atoms with Gasteiger partial charge in [0.15, 0.2) is 0 Å². The molecule has 0 radical (unpaired) electrons. The highest BCUT2D eigenvalue weighted by molar-refractivity contribution is 9.10. The van der Waals surface area contributed by atoms with Crippen LogP contribution in [0.4, 0.5) is 4.39 Å². The average Bonchev–Trinajstić information content (AvgIpc) is 2.40. The van der Waals surface area contributed by atoms with Gasteiger partial charge in [-0.05, 0) is 34.5 Å². The molecular formula is C13H18BrFN2O. The van der Waals surface area contributed by atoms with E-state index in [2.05, 4.69) is 26.1 Å². The number of piperazine rings is 1. The van der Waals surface area contributed by atoms with E-state index in [1.165, 1.54) is 6.07 Å². The molecule has 1 aromatic rings. The van der Waals surface area contributed by atoms with E-state index in [4.69, 9.17) is 0 Å². The molecule has 0 bridgehead atoms. The van der Waals surface area contributed by atoms with Gasteiger partial charge in [-0.15, -0.1) is 0 Å². The number of nitrogens with one attached hydrogen (secondary N) is 1. The Labute approximate surface area is 115 Å². The van der Waals surface area contributed by atoms with Crippen LogP contribution in [0.15, 0.2) is 16.6 Å². The van der Waals surface area contributed by atoms with E-state index in [9.17, 15) is 9.50 Å². The van der Waals surface area contributed by atoms with Gasteiger partial charge in [0, 0.05) is 37.8 Å². The zero-order valence-electron chi connectivity index (χ0n) is 10.4. The van der Waals surface area contributed by atoms with E-state index in [0.717, 1.165) is 32.6 Å². The maximum absolute atomic E-state index is 14.0. The van der Waals surface area contributed by atoms with Crippen molar-refractivity contribution in [1.29, 1.82) is 0 Å². The van der Waals surface area contributed by atoms with Crippen molar-refractivity contribution >= 4 is 15.9 Å². The molecule has 0 aromatic heterocycles. The fraction of sp³-hybridized carbons (Fsp3) is 0.538. The van der Waals surface area contributed by atoms with Crippen molar-refractivity contribution in [2.45, 2.75) is 19.4 Å². The Morgan fingerprint density at radius 3 is 2.72 bits per heavy atom. The van der Waals surface area contributed by atoms with Crippen LogP contribution in [-0.2, 0) is 0 Å². The molecule has 1 saturated heterocycles. The fourth-order valence-electron chi connectivity index (χ4n) is 2.51. The first-order valence-electron chi connectivity index (χ1n) is 6.26. The third kappa shape index (κ3) is 2.68. The van der Waals surface area contributed by atoms with E-state index < -0.39 is 0 Å². The Kier molecular flexibility index (Phi) is 4.59. The zero-order chi connectivity index (χ0) is 13.1. The number of hydrogen-bond acceptors (Lipinski definition) is 3. The first-order chi connectivity index (χ1) is 8.65. The van der Waals surface area contributed by atoms with Crippen LogP contribution in [0.25, 0.3) is 0 Å². The summed E-state index contributed by atoms with van der Waals surface area (Å²) in [5.41, 5.74) is 0.411. The summed E-state index contributed by atoms with van der Waals surface area (Å²) in [7, 11) is 0. The van der Waals surface area contributed by atoms with Crippen LogP contribution in [0.2, 0.25) is 0 Å². The molecule has 1 aliphatic rings. The molecule has 1 fully saturated rings. The van der Waals surface area contributed by atoms with Crippen molar-refractivity contribution in [3.63, 3.8) is 0 Å². The smallest absolute Gasteiger partial charge is 0.137 e. The molecule has 1 atom stereocenters. The molecule has 2 rings (SSSR count). The van der Waals surface area contributed by atoms with Crippen LogP contribution >= 0.6 is 15.9 Å². The molecule has 0 saturated carbocycles. The Bertz CT molecular complexity index is 422. The predicted molar refractivity (Wildman–Crippen MR) is 73.2 cm³/mol. The van der Waals surface area contributed by atoms with Gasteiger partial charge >= 0.3 is 0 Å². The molecule has 0 aliphatic carbocycles. The monoisotopic (exact) mass is 316 g/mol. The summed E-state index contributed by atoms with van der Waals surface area (Å²) < 4.78 is 14.5. The molecule has 0 amide bonds. The van der Waals surface area contributed by atoms with Crippen LogP contribution in [-0.4, -0.2) is 36.2 Å². The van der Waals surface area contributed by atoms with Gasteiger partial charge in [0.2, 0.25) is 0 Å². The van der Waals surface area contributed by atoms with Crippen molar-refractivity contribution in [1.82, 2.24) is 10.2 Å². The summed E-state index contributed by atoms with van der Waals surface area (Å²) in [5.74, 6) is -0.304. The van der Waals surface area contributed by atoms with Crippen molar-refractivity contribution in [3.8, 4) is 5.75 Å². The minimum absolute atomic E-state index is 0.0281. The molecule has 18 heavy (non-hydrogen) atoms. The number of rotatable bonds is 3. The molecule has 5 heteroatoms. The normalized spacial score (nSPS) is 18.8. The largest absolute Gasteiger partial charge is 0.506 e. The van der Waals surface area contributed by atoms with Crippen molar-refractivity contribution in [2.24, 2.45) is 0 Å². The highest BCUT2D eigenvalue weighted by Crippen LogP contribution is 2.38. The summed E-state index contributed by atoms with van der Waals surface area (Å²) in [6.45, 7) is 5.60. The molecule has 3 nitrogen and oxygen atoms in total. The van der Waals surface area contributed by atoms with Gasteiger partial charge < -0.3 is 10.4 Å². The first-order valence-corrected chi connectivity index (χ1v) is 7.06. The lowest BCUT2D eigenvalue weighted by Gasteiger charge is -2.35. The summed E-state index contributed by atoms with van der Waals surface area (Å²) in [6, 6.07) is 2.88. The topological polar surface area (TPSA) is 35.5 Å². The van der Waals surface area contributed by atoms with Crippen LogP contribution in [0.1, 0.15) is 24.9 Å². The molecular weight excluding hydrogens is 299 g/mol. The van der Waals surface area contributed by atoms with Gasteiger partial charge in [-0.3, -0.25) is 4.90 Å². The highest BCUT2D eigenvalue weighted by atomic mass is 79.9. The summed E-state index contributed by atoms with van der Waals surface area (Å²) in [6.07, 6.45) is 0.779. The fourth-order valence-corrected chi connectivity index (χ4v) is 2.86. The van der Waals surface area contributed by atoms with Gasteiger partial charge in [0.1, 0.15) is 11.6 Å². The highest BCUT2D eigenvalue weighted by Gasteiger charge is 2.26. The lowest BCUT2D eigenvalue weighted by atomic mass is 10.00. The minimum Gasteiger partial charge on any atom is -0.506 e. The number of nitrogens with zero attached hydrogens (tertiary/aromatic N) is 1. The molecule has 0 unspecified atom stereocenters. The second kappa shape index (κ2) is 5.99. The third-order valence-corrected chi connectivity index (χ3v) is 4.07. The van der Waals surface area contributed by atoms with Gasteiger partial charge in [-0.2, -0.15) is 0 Å². The summed E-state index contributed by atoms with van der Waals surface area (Å²) in [5, 5.41) is 13.4. The number of aromatic hydroxyl groups is 1. The number of hydrogen-bond donors (Lipinski definition) is 2. The van der Waals surface area contributed by atoms with Crippen LogP contribution in [0, 0.1) is 5.82 Å². The predicted octanol–water partition coefficient (Wildman–Crippen LogP) is 2.65. The average molecular weight is 317 g/mol. The van der Waals surface area contributed by atoms with Crippen molar-refractivity contribution in [3.05, 3.63) is 28.0 Å². The quantitative estimate of drug-likeness (QED) is 0.900. The van der Waals surface area contributed by atoms with Crippen LogP contribution < -0.4 is 5.32 Å². The van der Waals surface area contributed by atoms with Crippen molar-refractivity contribution in [2.75, 3.05) is 26.2 Å². The third-order valence-electron chi connectivity index (χ3n) is 3.43. The molecule has 2 N–H and O–H groups in total. The standard InChI is InChI=1S/C13H18BrFN2O/c1-2-11(17-7-5-16-6-8-17)12-10(15)4-3-9(14)13(12)18/h3-4,11,16,18H,2,5-8H2,1H3/t11-/m1/s1. The number of halogens is 2. The molecule has 100 valence electrons. The number of phenolic OH excluding ortho intramolecular Hbond substituents is 1. The summed E-state index contributed by atoms with van der Waals surface area (Å²) >= 11 is 3.25. The Balaban J connectivity index is 2.34. The lowest BCUT2D eigenvalue weighted by Crippen LogP contribution is -2.45. The van der Waals surface area contributed by atoms with E-state index in [1.54, 1.807) is 6.07 Å². The van der Waals surface area contributed by atoms with E-state index in [-0.39, 0.29) is 17.6 Å². The Hall–Kier alpha value is -0.650.